The summed E-state index contributed by atoms with van der Waals surface area (Å²) in [5.41, 5.74) is 0.610. The molecule has 1 aromatic rings. The van der Waals surface area contributed by atoms with Crippen molar-refractivity contribution in [1.82, 2.24) is 0 Å². The van der Waals surface area contributed by atoms with E-state index in [-0.39, 0.29) is 0 Å². The summed E-state index contributed by atoms with van der Waals surface area (Å²) in [7, 11) is 0. The quantitative estimate of drug-likeness (QED) is 0.703. The average molecular weight is 260 g/mol. The lowest BCUT2D eigenvalue weighted by Gasteiger charge is -1.94. The fraction of sp³-hybridized carbons (Fsp3) is 0. The SMILES string of the molecule is N#Cc1c(Br)c[c]cc1Br. The molecular weight excluding hydrogens is 258 g/mol. The molecule has 0 aromatic heterocycles. The molecule has 0 aliphatic rings. The highest BCUT2D eigenvalue weighted by atomic mass is 79.9. The highest BCUT2D eigenvalue weighted by Gasteiger charge is 2.00. The van der Waals surface area contributed by atoms with Crippen molar-refractivity contribution < 1.29 is 0 Å². The minimum Gasteiger partial charge on any atom is -0.192 e. The molecule has 0 fully saturated rings. The number of hydrogen-bond donors (Lipinski definition) is 0. The van der Waals surface area contributed by atoms with Crippen LogP contribution in [-0.2, 0) is 0 Å². The number of halogens is 2. The van der Waals surface area contributed by atoms with Crippen molar-refractivity contribution >= 4 is 31.9 Å². The van der Waals surface area contributed by atoms with Crippen LogP contribution in [0.1, 0.15) is 5.56 Å². The lowest BCUT2D eigenvalue weighted by atomic mass is 10.2. The van der Waals surface area contributed by atoms with E-state index in [1.54, 1.807) is 12.1 Å². The summed E-state index contributed by atoms with van der Waals surface area (Å²) in [5.74, 6) is 0. The Morgan fingerprint density at radius 2 is 1.80 bits per heavy atom. The average Bonchev–Trinajstić information content (AvgIpc) is 1.88. The predicted octanol–water partition coefficient (Wildman–Crippen LogP) is 2.88. The molecule has 49 valence electrons. The smallest absolute Gasteiger partial charge is 0.102 e. The standard InChI is InChI=1S/C7H2Br2N/c8-6-2-1-3-7(9)5(6)4-10/h2-3H. The lowest BCUT2D eigenvalue weighted by molar-refractivity contribution is 1.44. The fourth-order valence-electron chi connectivity index (χ4n) is 0.553. The number of nitriles is 1. The van der Waals surface area contributed by atoms with Gasteiger partial charge in [0.1, 0.15) is 6.07 Å². The molecule has 0 amide bonds. The molecule has 0 N–H and O–H groups in total. The van der Waals surface area contributed by atoms with E-state index in [0.717, 1.165) is 8.95 Å². The van der Waals surface area contributed by atoms with Gasteiger partial charge in [0.2, 0.25) is 0 Å². The van der Waals surface area contributed by atoms with E-state index in [2.05, 4.69) is 37.9 Å². The van der Waals surface area contributed by atoms with Crippen molar-refractivity contribution in [2.24, 2.45) is 0 Å². The van der Waals surface area contributed by atoms with Crippen LogP contribution in [-0.4, -0.2) is 0 Å². The van der Waals surface area contributed by atoms with E-state index in [1.807, 2.05) is 6.07 Å². The van der Waals surface area contributed by atoms with Crippen LogP contribution in [0.25, 0.3) is 0 Å². The molecule has 0 saturated heterocycles. The fourth-order valence-corrected chi connectivity index (χ4v) is 1.69. The zero-order chi connectivity index (χ0) is 7.56. The third-order valence-corrected chi connectivity index (χ3v) is 2.26. The summed E-state index contributed by atoms with van der Waals surface area (Å²) in [6.45, 7) is 0. The van der Waals surface area contributed by atoms with E-state index in [1.165, 1.54) is 0 Å². The second-order valence-electron chi connectivity index (χ2n) is 1.64. The lowest BCUT2D eigenvalue weighted by Crippen LogP contribution is -1.77. The van der Waals surface area contributed by atoms with Crippen molar-refractivity contribution in [1.29, 1.82) is 5.26 Å². The first-order chi connectivity index (χ1) is 4.75. The van der Waals surface area contributed by atoms with Gasteiger partial charge in [0.05, 0.1) is 5.56 Å². The molecule has 10 heavy (non-hydrogen) atoms. The highest BCUT2D eigenvalue weighted by molar-refractivity contribution is 9.11. The molecular formula is C7H2Br2N. The number of hydrogen-bond acceptors (Lipinski definition) is 1. The van der Waals surface area contributed by atoms with E-state index >= 15 is 0 Å². The van der Waals surface area contributed by atoms with Crippen molar-refractivity contribution in [3.8, 4) is 6.07 Å². The Labute approximate surface area is 75.9 Å². The number of benzene rings is 1. The molecule has 0 aliphatic heterocycles. The van der Waals surface area contributed by atoms with E-state index < -0.39 is 0 Å². The normalized spacial score (nSPS) is 8.90. The van der Waals surface area contributed by atoms with Gasteiger partial charge in [-0.2, -0.15) is 5.26 Å². The molecule has 1 radical (unpaired) electrons. The Balaban J connectivity index is 3.34. The van der Waals surface area contributed by atoms with Gasteiger partial charge in [-0.25, -0.2) is 0 Å². The Bertz CT molecular complexity index is 268. The molecule has 0 saturated carbocycles. The minimum absolute atomic E-state index is 0.610. The van der Waals surface area contributed by atoms with Crippen LogP contribution in [0.5, 0.6) is 0 Å². The van der Waals surface area contributed by atoms with Gasteiger partial charge < -0.3 is 0 Å². The third-order valence-electron chi connectivity index (χ3n) is 1.01. The molecule has 1 nitrogen and oxygen atoms in total. The van der Waals surface area contributed by atoms with Crippen LogP contribution in [0.3, 0.4) is 0 Å². The summed E-state index contributed by atoms with van der Waals surface area (Å²) in [6.07, 6.45) is 0. The van der Waals surface area contributed by atoms with Gasteiger partial charge in [-0.3, -0.25) is 0 Å². The van der Waals surface area contributed by atoms with Gasteiger partial charge in [-0.05, 0) is 50.1 Å². The molecule has 0 unspecified atom stereocenters. The Kier molecular flexibility index (Phi) is 2.47. The second kappa shape index (κ2) is 3.18. The molecule has 1 aromatic carbocycles. The van der Waals surface area contributed by atoms with Gasteiger partial charge in [-0.1, -0.05) is 0 Å². The molecule has 0 atom stereocenters. The molecule has 0 spiro atoms. The maximum atomic E-state index is 8.58. The monoisotopic (exact) mass is 258 g/mol. The van der Waals surface area contributed by atoms with Crippen LogP contribution >= 0.6 is 31.9 Å². The maximum Gasteiger partial charge on any atom is 0.102 e. The Hall–Kier alpha value is -0.330. The van der Waals surface area contributed by atoms with Crippen molar-refractivity contribution in [3.63, 3.8) is 0 Å². The third kappa shape index (κ3) is 1.39. The molecule has 0 heterocycles. The van der Waals surface area contributed by atoms with Crippen LogP contribution in [0, 0.1) is 17.4 Å². The Morgan fingerprint density at radius 1 is 1.30 bits per heavy atom. The first kappa shape index (κ1) is 7.77. The molecule has 0 aliphatic carbocycles. The summed E-state index contributed by atoms with van der Waals surface area (Å²) < 4.78 is 1.54. The largest absolute Gasteiger partial charge is 0.192 e. The summed E-state index contributed by atoms with van der Waals surface area (Å²) in [4.78, 5) is 0. The van der Waals surface area contributed by atoms with E-state index in [0.29, 0.717) is 5.56 Å². The second-order valence-corrected chi connectivity index (χ2v) is 3.35. The van der Waals surface area contributed by atoms with E-state index in [9.17, 15) is 0 Å². The van der Waals surface area contributed by atoms with Crippen LogP contribution < -0.4 is 0 Å². The minimum atomic E-state index is 0.610. The van der Waals surface area contributed by atoms with Crippen LogP contribution in [0.2, 0.25) is 0 Å². The summed E-state index contributed by atoms with van der Waals surface area (Å²) in [6, 6.07) is 8.33. The number of nitrogens with zero attached hydrogens (tertiary/aromatic N) is 1. The van der Waals surface area contributed by atoms with Crippen LogP contribution in [0.4, 0.5) is 0 Å². The number of rotatable bonds is 0. The van der Waals surface area contributed by atoms with Crippen molar-refractivity contribution in [3.05, 3.63) is 32.7 Å². The van der Waals surface area contributed by atoms with Gasteiger partial charge in [-0.15, -0.1) is 0 Å². The van der Waals surface area contributed by atoms with Gasteiger partial charge >= 0.3 is 0 Å². The summed E-state index contributed by atoms with van der Waals surface area (Å²) >= 11 is 6.45. The van der Waals surface area contributed by atoms with E-state index in [4.69, 9.17) is 5.26 Å². The predicted molar refractivity (Wildman–Crippen MR) is 45.4 cm³/mol. The first-order valence-electron chi connectivity index (χ1n) is 2.51. The highest BCUT2D eigenvalue weighted by Crippen LogP contribution is 2.23. The maximum absolute atomic E-state index is 8.58. The molecule has 1 rings (SSSR count). The van der Waals surface area contributed by atoms with Crippen molar-refractivity contribution in [2.45, 2.75) is 0 Å². The zero-order valence-electron chi connectivity index (χ0n) is 4.86. The van der Waals surface area contributed by atoms with Crippen molar-refractivity contribution in [2.75, 3.05) is 0 Å². The Morgan fingerprint density at radius 3 is 2.10 bits per heavy atom. The zero-order valence-corrected chi connectivity index (χ0v) is 8.03. The molecule has 3 heteroatoms. The topological polar surface area (TPSA) is 23.8 Å². The van der Waals surface area contributed by atoms with Gasteiger partial charge in [0.15, 0.2) is 0 Å². The van der Waals surface area contributed by atoms with Crippen LogP contribution in [0.15, 0.2) is 21.1 Å². The molecule has 0 bridgehead atoms. The van der Waals surface area contributed by atoms with Gasteiger partial charge in [0.25, 0.3) is 0 Å². The van der Waals surface area contributed by atoms with Gasteiger partial charge in [0, 0.05) is 8.95 Å². The first-order valence-corrected chi connectivity index (χ1v) is 4.09. The summed E-state index contributed by atoms with van der Waals surface area (Å²) in [5, 5.41) is 8.58.